The molecule has 1 aromatic heterocycles. The van der Waals surface area contributed by atoms with Gasteiger partial charge in [0.1, 0.15) is 0 Å². The number of nitrogens with one attached hydrogen (secondary N) is 3. The average Bonchev–Trinajstić information content (AvgIpc) is 2.97. The summed E-state index contributed by atoms with van der Waals surface area (Å²) in [6.45, 7) is 3.32. The van der Waals surface area contributed by atoms with Gasteiger partial charge in [-0.3, -0.25) is 0 Å². The molecule has 0 aliphatic heterocycles. The molecule has 6 nitrogen and oxygen atoms in total. The van der Waals surface area contributed by atoms with Gasteiger partial charge in [-0.15, -0.1) is 0 Å². The third-order valence-corrected chi connectivity index (χ3v) is 4.34. The van der Waals surface area contributed by atoms with Crippen LogP contribution in [-0.4, -0.2) is 23.7 Å². The van der Waals surface area contributed by atoms with Crippen molar-refractivity contribution >= 4 is 32.7 Å². The Balaban J connectivity index is 1.77. The lowest BCUT2D eigenvalue weighted by Crippen LogP contribution is -2.03. The molecule has 25 heavy (non-hydrogen) atoms. The Labute approximate surface area is 153 Å². The Hall–Kier alpha value is -2.41. The number of aromatic nitrogens is 2. The Morgan fingerprint density at radius 3 is 2.72 bits per heavy atom. The summed E-state index contributed by atoms with van der Waals surface area (Å²) < 4.78 is 12.1. The van der Waals surface area contributed by atoms with E-state index in [1.165, 1.54) is 0 Å². The van der Waals surface area contributed by atoms with Gasteiger partial charge in [-0.2, -0.15) is 0 Å². The van der Waals surface area contributed by atoms with Crippen LogP contribution in [-0.2, 0) is 6.54 Å². The van der Waals surface area contributed by atoms with Crippen LogP contribution in [0.2, 0.25) is 0 Å². The number of hydrogen-bond acceptors (Lipinski definition) is 4. The van der Waals surface area contributed by atoms with Crippen molar-refractivity contribution in [2.75, 3.05) is 19.0 Å². The molecule has 0 radical (unpaired) electrons. The third-order valence-electron chi connectivity index (χ3n) is 3.75. The minimum absolute atomic E-state index is 0.205. The summed E-state index contributed by atoms with van der Waals surface area (Å²) in [5, 5.41) is 3.35. The molecule has 0 aliphatic rings. The second-order valence-electron chi connectivity index (χ2n) is 5.65. The van der Waals surface area contributed by atoms with Gasteiger partial charge in [-0.1, -0.05) is 6.92 Å². The van der Waals surface area contributed by atoms with Crippen LogP contribution in [0.4, 0.5) is 5.69 Å². The van der Waals surface area contributed by atoms with E-state index in [1.807, 2.05) is 30.3 Å². The first-order chi connectivity index (χ1) is 12.1. The third kappa shape index (κ3) is 3.99. The van der Waals surface area contributed by atoms with Crippen molar-refractivity contribution in [3.8, 4) is 11.5 Å². The van der Waals surface area contributed by atoms with Crippen LogP contribution < -0.4 is 20.5 Å². The van der Waals surface area contributed by atoms with E-state index < -0.39 is 0 Å². The van der Waals surface area contributed by atoms with E-state index in [4.69, 9.17) is 9.47 Å². The first-order valence-corrected chi connectivity index (χ1v) is 8.85. The predicted octanol–water partition coefficient (Wildman–Crippen LogP) is 4.03. The SMILES string of the molecule is CCCOc1c(Br)cc(CNc2ccc3[nH]c(=O)[nH]c3c2)cc1OC. The van der Waals surface area contributed by atoms with Crippen LogP contribution in [0.5, 0.6) is 11.5 Å². The van der Waals surface area contributed by atoms with Crippen LogP contribution in [0.25, 0.3) is 11.0 Å². The highest BCUT2D eigenvalue weighted by atomic mass is 79.9. The highest BCUT2D eigenvalue weighted by Crippen LogP contribution is 2.37. The molecule has 0 atom stereocenters. The van der Waals surface area contributed by atoms with E-state index in [-0.39, 0.29) is 5.69 Å². The zero-order valence-electron chi connectivity index (χ0n) is 14.1. The molecule has 0 saturated heterocycles. The number of ether oxygens (including phenoxy) is 2. The summed E-state index contributed by atoms with van der Waals surface area (Å²) in [5.41, 5.74) is 3.33. The van der Waals surface area contributed by atoms with Crippen molar-refractivity contribution in [2.45, 2.75) is 19.9 Å². The molecule has 2 aromatic carbocycles. The van der Waals surface area contributed by atoms with E-state index in [9.17, 15) is 4.79 Å². The zero-order chi connectivity index (χ0) is 17.8. The van der Waals surface area contributed by atoms with Crippen molar-refractivity contribution < 1.29 is 9.47 Å². The lowest BCUT2D eigenvalue weighted by atomic mass is 10.2. The van der Waals surface area contributed by atoms with Gasteiger partial charge < -0.3 is 24.8 Å². The topological polar surface area (TPSA) is 79.1 Å². The van der Waals surface area contributed by atoms with Crippen LogP contribution in [0, 0.1) is 0 Å². The van der Waals surface area contributed by atoms with E-state index >= 15 is 0 Å². The summed E-state index contributed by atoms with van der Waals surface area (Å²) >= 11 is 3.55. The fourth-order valence-electron chi connectivity index (χ4n) is 2.57. The second-order valence-corrected chi connectivity index (χ2v) is 6.50. The molecule has 0 fully saturated rings. The van der Waals surface area contributed by atoms with E-state index in [0.29, 0.717) is 18.9 Å². The molecule has 7 heteroatoms. The minimum atomic E-state index is -0.205. The first kappa shape index (κ1) is 17.4. The van der Waals surface area contributed by atoms with Gasteiger partial charge in [0, 0.05) is 12.2 Å². The maximum atomic E-state index is 11.3. The van der Waals surface area contributed by atoms with Crippen LogP contribution in [0.3, 0.4) is 0 Å². The maximum Gasteiger partial charge on any atom is 0.323 e. The number of anilines is 1. The normalized spacial score (nSPS) is 10.8. The molecule has 0 bridgehead atoms. The van der Waals surface area contributed by atoms with Crippen molar-refractivity contribution in [2.24, 2.45) is 0 Å². The fourth-order valence-corrected chi connectivity index (χ4v) is 3.17. The summed E-state index contributed by atoms with van der Waals surface area (Å²) in [5.74, 6) is 1.42. The van der Waals surface area contributed by atoms with Gasteiger partial charge in [0.15, 0.2) is 11.5 Å². The number of rotatable bonds is 7. The average molecular weight is 406 g/mol. The second kappa shape index (κ2) is 7.65. The van der Waals surface area contributed by atoms with Crippen molar-refractivity contribution in [1.29, 1.82) is 0 Å². The number of benzene rings is 2. The molecule has 3 aromatic rings. The first-order valence-electron chi connectivity index (χ1n) is 8.06. The number of halogens is 1. The molecule has 0 unspecified atom stereocenters. The smallest absolute Gasteiger partial charge is 0.323 e. The van der Waals surface area contributed by atoms with E-state index in [2.05, 4.69) is 38.1 Å². The molecule has 3 rings (SSSR count). The number of fused-ring (bicyclic) bond motifs is 1. The zero-order valence-corrected chi connectivity index (χ0v) is 15.7. The summed E-state index contributed by atoms with van der Waals surface area (Å²) in [4.78, 5) is 16.8. The van der Waals surface area contributed by atoms with Gasteiger partial charge in [0.05, 0.1) is 29.2 Å². The molecule has 0 spiro atoms. The molecule has 1 heterocycles. The van der Waals surface area contributed by atoms with Crippen LogP contribution >= 0.6 is 15.9 Å². The number of hydrogen-bond donors (Lipinski definition) is 3. The maximum absolute atomic E-state index is 11.3. The van der Waals surface area contributed by atoms with E-state index in [1.54, 1.807) is 7.11 Å². The minimum Gasteiger partial charge on any atom is -0.493 e. The van der Waals surface area contributed by atoms with Crippen molar-refractivity contribution in [1.82, 2.24) is 9.97 Å². The predicted molar refractivity (Wildman–Crippen MR) is 103 cm³/mol. The number of methoxy groups -OCH3 is 1. The van der Waals surface area contributed by atoms with E-state index in [0.717, 1.165) is 38.9 Å². The Morgan fingerprint density at radius 1 is 1.16 bits per heavy atom. The molecule has 0 saturated carbocycles. The van der Waals surface area contributed by atoms with Crippen LogP contribution in [0.15, 0.2) is 39.6 Å². The van der Waals surface area contributed by atoms with Crippen molar-refractivity contribution in [3.63, 3.8) is 0 Å². The standard InChI is InChI=1S/C18H20BrN3O3/c1-3-6-25-17-13(19)7-11(8-16(17)24-2)10-20-12-4-5-14-15(9-12)22-18(23)21-14/h4-5,7-9,20H,3,6,10H2,1-2H3,(H2,21,22,23). The number of H-pyrrole nitrogens is 2. The fraction of sp³-hybridized carbons (Fsp3) is 0.278. The van der Waals surface area contributed by atoms with Gasteiger partial charge in [-0.25, -0.2) is 4.79 Å². The molecular formula is C18H20BrN3O3. The number of aromatic amines is 2. The Bertz CT molecular complexity index is 933. The summed E-state index contributed by atoms with van der Waals surface area (Å²) in [7, 11) is 1.63. The molecular weight excluding hydrogens is 386 g/mol. The van der Waals surface area contributed by atoms with Gasteiger partial charge in [0.25, 0.3) is 0 Å². The number of imidazole rings is 1. The lowest BCUT2D eigenvalue weighted by molar-refractivity contribution is 0.292. The summed E-state index contributed by atoms with van der Waals surface area (Å²) in [6, 6.07) is 9.67. The van der Waals surface area contributed by atoms with Crippen molar-refractivity contribution in [3.05, 3.63) is 50.9 Å². The molecule has 3 N–H and O–H groups in total. The lowest BCUT2D eigenvalue weighted by Gasteiger charge is -2.14. The quantitative estimate of drug-likeness (QED) is 0.554. The van der Waals surface area contributed by atoms with Gasteiger partial charge in [0.2, 0.25) is 0 Å². The molecule has 0 amide bonds. The Morgan fingerprint density at radius 2 is 1.96 bits per heavy atom. The largest absolute Gasteiger partial charge is 0.493 e. The summed E-state index contributed by atoms with van der Waals surface area (Å²) in [6.07, 6.45) is 0.933. The molecule has 132 valence electrons. The highest BCUT2D eigenvalue weighted by molar-refractivity contribution is 9.10. The monoisotopic (exact) mass is 405 g/mol. The van der Waals surface area contributed by atoms with Gasteiger partial charge >= 0.3 is 5.69 Å². The van der Waals surface area contributed by atoms with Gasteiger partial charge in [-0.05, 0) is 58.2 Å². The van der Waals surface area contributed by atoms with Crippen LogP contribution in [0.1, 0.15) is 18.9 Å². The molecule has 0 aliphatic carbocycles. The highest BCUT2D eigenvalue weighted by Gasteiger charge is 2.11. The Kier molecular flexibility index (Phi) is 5.33.